The summed E-state index contributed by atoms with van der Waals surface area (Å²) in [6, 6.07) is 5.97. The molecule has 1 aliphatic heterocycles. The highest BCUT2D eigenvalue weighted by molar-refractivity contribution is 5.87. The molecule has 2 heterocycles. The maximum atomic E-state index is 5.88. The van der Waals surface area contributed by atoms with Gasteiger partial charge in [-0.05, 0) is 19.1 Å². The number of benzene rings is 1. The summed E-state index contributed by atoms with van der Waals surface area (Å²) in [5, 5.41) is 11.5. The normalized spacial score (nSPS) is 16.6. The number of H-pyrrole nitrogens is 1. The van der Waals surface area contributed by atoms with Crippen molar-refractivity contribution in [1.29, 1.82) is 0 Å². The van der Waals surface area contributed by atoms with Gasteiger partial charge < -0.3 is 10.1 Å². The Morgan fingerprint density at radius 1 is 1.40 bits per heavy atom. The Bertz CT molecular complexity index is 488. The number of hydrogen-bond acceptors (Lipinski definition) is 3. The summed E-state index contributed by atoms with van der Waals surface area (Å²) >= 11 is 0. The molecule has 1 aromatic heterocycles. The minimum Gasteiger partial charge on any atom is -0.487 e. The third kappa shape index (κ3) is 1.37. The molecule has 15 heavy (non-hydrogen) atoms. The molecule has 0 saturated carbocycles. The molecule has 2 N–H and O–H groups in total. The second-order valence-electron chi connectivity index (χ2n) is 3.90. The highest BCUT2D eigenvalue weighted by Gasteiger charge is 2.19. The van der Waals surface area contributed by atoms with E-state index in [-0.39, 0.29) is 0 Å². The molecular weight excluding hydrogens is 190 g/mol. The lowest BCUT2D eigenvalue weighted by Gasteiger charge is -2.28. The summed E-state index contributed by atoms with van der Waals surface area (Å²) in [6.07, 6.45) is 0.310. The van der Waals surface area contributed by atoms with E-state index < -0.39 is 0 Å². The molecule has 1 saturated heterocycles. The number of ether oxygens (including phenoxy) is 1. The fourth-order valence-electron chi connectivity index (χ4n) is 1.81. The smallest absolute Gasteiger partial charge is 0.131 e. The zero-order valence-corrected chi connectivity index (χ0v) is 8.58. The molecule has 0 unspecified atom stereocenters. The van der Waals surface area contributed by atoms with Crippen molar-refractivity contribution < 1.29 is 4.74 Å². The van der Waals surface area contributed by atoms with E-state index >= 15 is 0 Å². The maximum Gasteiger partial charge on any atom is 0.131 e. The fourth-order valence-corrected chi connectivity index (χ4v) is 1.81. The van der Waals surface area contributed by atoms with Gasteiger partial charge in [0.1, 0.15) is 11.9 Å². The predicted molar refractivity (Wildman–Crippen MR) is 58.1 cm³/mol. The third-order valence-corrected chi connectivity index (χ3v) is 2.76. The first-order valence-electron chi connectivity index (χ1n) is 5.15. The largest absolute Gasteiger partial charge is 0.487 e. The molecule has 1 aliphatic rings. The molecule has 0 aliphatic carbocycles. The number of aromatic nitrogens is 2. The number of rotatable bonds is 2. The van der Waals surface area contributed by atoms with E-state index in [4.69, 9.17) is 4.74 Å². The standard InChI is InChI=1S/C11H13N3O/c1-7-11-9(14-13-7)3-2-4-10(11)15-8-5-12-6-8/h2-4,8,12H,5-6H2,1H3,(H,13,14). The Morgan fingerprint density at radius 2 is 2.27 bits per heavy atom. The van der Waals surface area contributed by atoms with Gasteiger partial charge in [-0.2, -0.15) is 5.10 Å². The molecule has 2 aromatic rings. The lowest BCUT2D eigenvalue weighted by Crippen LogP contribution is -2.50. The van der Waals surface area contributed by atoms with Crippen molar-refractivity contribution in [3.8, 4) is 5.75 Å². The highest BCUT2D eigenvalue weighted by Crippen LogP contribution is 2.27. The van der Waals surface area contributed by atoms with Crippen LogP contribution in [0.3, 0.4) is 0 Å². The van der Waals surface area contributed by atoms with Gasteiger partial charge in [0.15, 0.2) is 0 Å². The van der Waals surface area contributed by atoms with E-state index in [0.717, 1.165) is 35.4 Å². The van der Waals surface area contributed by atoms with Gasteiger partial charge >= 0.3 is 0 Å². The van der Waals surface area contributed by atoms with Crippen LogP contribution < -0.4 is 10.1 Å². The molecule has 4 nitrogen and oxygen atoms in total. The first-order chi connectivity index (χ1) is 7.34. The van der Waals surface area contributed by atoms with Crippen molar-refractivity contribution in [2.75, 3.05) is 13.1 Å². The van der Waals surface area contributed by atoms with Gasteiger partial charge in [-0.3, -0.25) is 5.10 Å². The van der Waals surface area contributed by atoms with Crippen LogP contribution in [0, 0.1) is 6.92 Å². The molecule has 0 bridgehead atoms. The van der Waals surface area contributed by atoms with E-state index in [0.29, 0.717) is 6.10 Å². The van der Waals surface area contributed by atoms with Gasteiger partial charge in [0, 0.05) is 18.8 Å². The zero-order chi connectivity index (χ0) is 10.3. The van der Waals surface area contributed by atoms with Crippen molar-refractivity contribution in [3.05, 3.63) is 23.9 Å². The average molecular weight is 203 g/mol. The second kappa shape index (κ2) is 3.24. The van der Waals surface area contributed by atoms with E-state index in [1.54, 1.807) is 0 Å². The van der Waals surface area contributed by atoms with Crippen LogP contribution in [0.5, 0.6) is 5.75 Å². The molecule has 0 amide bonds. The molecule has 0 radical (unpaired) electrons. The van der Waals surface area contributed by atoms with Crippen LogP contribution in [0.25, 0.3) is 10.9 Å². The Balaban J connectivity index is 2.04. The van der Waals surface area contributed by atoms with Crippen LogP contribution in [-0.2, 0) is 0 Å². The minimum atomic E-state index is 0.310. The van der Waals surface area contributed by atoms with Gasteiger partial charge in [-0.15, -0.1) is 0 Å². The van der Waals surface area contributed by atoms with Crippen molar-refractivity contribution in [1.82, 2.24) is 15.5 Å². The van der Waals surface area contributed by atoms with Gasteiger partial charge in [0.2, 0.25) is 0 Å². The molecule has 4 heteroatoms. The Hall–Kier alpha value is -1.55. The second-order valence-corrected chi connectivity index (χ2v) is 3.90. The molecule has 78 valence electrons. The molecule has 0 atom stereocenters. The quantitative estimate of drug-likeness (QED) is 0.771. The van der Waals surface area contributed by atoms with Crippen molar-refractivity contribution in [2.45, 2.75) is 13.0 Å². The monoisotopic (exact) mass is 203 g/mol. The van der Waals surface area contributed by atoms with Crippen molar-refractivity contribution >= 4 is 10.9 Å². The number of nitrogens with one attached hydrogen (secondary N) is 2. The summed E-state index contributed by atoms with van der Waals surface area (Å²) < 4.78 is 5.88. The molecule has 1 aromatic carbocycles. The van der Waals surface area contributed by atoms with Gasteiger partial charge in [-0.1, -0.05) is 6.07 Å². The van der Waals surface area contributed by atoms with Crippen LogP contribution in [0.15, 0.2) is 18.2 Å². The average Bonchev–Trinajstić information content (AvgIpc) is 2.55. The fraction of sp³-hybridized carbons (Fsp3) is 0.364. The lowest BCUT2D eigenvalue weighted by molar-refractivity contribution is 0.144. The van der Waals surface area contributed by atoms with Gasteiger partial charge in [-0.25, -0.2) is 0 Å². The van der Waals surface area contributed by atoms with Crippen LogP contribution in [0.4, 0.5) is 0 Å². The minimum absolute atomic E-state index is 0.310. The van der Waals surface area contributed by atoms with E-state index in [1.807, 2.05) is 25.1 Å². The van der Waals surface area contributed by atoms with Crippen LogP contribution in [0.2, 0.25) is 0 Å². The topological polar surface area (TPSA) is 49.9 Å². The third-order valence-electron chi connectivity index (χ3n) is 2.76. The summed E-state index contributed by atoms with van der Waals surface area (Å²) in [5.41, 5.74) is 2.03. The Kier molecular flexibility index (Phi) is 1.89. The number of hydrogen-bond donors (Lipinski definition) is 2. The number of aromatic amines is 1. The Morgan fingerprint density at radius 3 is 3.00 bits per heavy atom. The van der Waals surface area contributed by atoms with Crippen LogP contribution in [0.1, 0.15) is 5.69 Å². The SMILES string of the molecule is Cc1[nH]nc2cccc(OC3CNC3)c12. The summed E-state index contributed by atoms with van der Waals surface area (Å²) in [5.74, 6) is 0.935. The molecule has 1 fully saturated rings. The predicted octanol–water partition coefficient (Wildman–Crippen LogP) is 1.22. The van der Waals surface area contributed by atoms with Crippen molar-refractivity contribution in [2.24, 2.45) is 0 Å². The first-order valence-corrected chi connectivity index (χ1v) is 5.15. The van der Waals surface area contributed by atoms with E-state index in [1.165, 1.54) is 0 Å². The van der Waals surface area contributed by atoms with E-state index in [9.17, 15) is 0 Å². The molecule has 0 spiro atoms. The summed E-state index contributed by atoms with van der Waals surface area (Å²) in [6.45, 7) is 3.89. The van der Waals surface area contributed by atoms with E-state index in [2.05, 4.69) is 15.5 Å². The number of fused-ring (bicyclic) bond motifs is 1. The molecule has 3 rings (SSSR count). The van der Waals surface area contributed by atoms with Crippen LogP contribution in [-0.4, -0.2) is 29.4 Å². The summed E-state index contributed by atoms with van der Waals surface area (Å²) in [4.78, 5) is 0. The van der Waals surface area contributed by atoms with Gasteiger partial charge in [0.05, 0.1) is 10.9 Å². The first kappa shape index (κ1) is 8.73. The number of nitrogens with zero attached hydrogens (tertiary/aromatic N) is 1. The lowest BCUT2D eigenvalue weighted by atomic mass is 10.2. The summed E-state index contributed by atoms with van der Waals surface area (Å²) in [7, 11) is 0. The van der Waals surface area contributed by atoms with Crippen molar-refractivity contribution in [3.63, 3.8) is 0 Å². The maximum absolute atomic E-state index is 5.88. The zero-order valence-electron chi connectivity index (χ0n) is 8.58. The van der Waals surface area contributed by atoms with Crippen LogP contribution >= 0.6 is 0 Å². The molecular formula is C11H13N3O. The van der Waals surface area contributed by atoms with Gasteiger partial charge in [0.25, 0.3) is 0 Å². The highest BCUT2D eigenvalue weighted by atomic mass is 16.5. The Labute approximate surface area is 87.6 Å². The number of aryl methyl sites for hydroxylation is 1.